The van der Waals surface area contributed by atoms with Crippen molar-refractivity contribution in [2.24, 2.45) is 0 Å². The summed E-state index contributed by atoms with van der Waals surface area (Å²) in [5, 5.41) is 8.69. The zero-order valence-electron chi connectivity index (χ0n) is 13.4. The summed E-state index contributed by atoms with van der Waals surface area (Å²) in [7, 11) is 1.73. The van der Waals surface area contributed by atoms with Gasteiger partial charge in [-0.3, -0.25) is 4.79 Å². The maximum Gasteiger partial charge on any atom is 0.233 e. The third-order valence-corrected chi connectivity index (χ3v) is 5.12. The van der Waals surface area contributed by atoms with E-state index in [9.17, 15) is 4.79 Å². The van der Waals surface area contributed by atoms with Gasteiger partial charge in [0, 0.05) is 17.1 Å². The van der Waals surface area contributed by atoms with Crippen LogP contribution in [0.25, 0.3) is 11.4 Å². The average molecular weight is 422 g/mol. The molecule has 2 N–H and O–H groups in total. The molecule has 0 saturated carbocycles. The highest BCUT2D eigenvalue weighted by molar-refractivity contribution is 9.10. The molecular formula is C16H16BrN5O2S. The second-order valence-corrected chi connectivity index (χ2v) is 7.07. The lowest BCUT2D eigenvalue weighted by molar-refractivity contribution is -0.127. The van der Waals surface area contributed by atoms with Crippen LogP contribution in [0.2, 0.25) is 0 Å². The van der Waals surface area contributed by atoms with Crippen LogP contribution < -0.4 is 5.84 Å². The molecule has 7 nitrogen and oxygen atoms in total. The van der Waals surface area contributed by atoms with Gasteiger partial charge in [-0.2, -0.15) is 0 Å². The second-order valence-electron chi connectivity index (χ2n) is 5.27. The van der Waals surface area contributed by atoms with Crippen LogP contribution in [-0.2, 0) is 11.3 Å². The Kier molecular flexibility index (Phi) is 5.44. The molecule has 0 spiro atoms. The van der Waals surface area contributed by atoms with Crippen molar-refractivity contribution in [2.75, 3.05) is 18.6 Å². The van der Waals surface area contributed by atoms with Crippen molar-refractivity contribution in [3.05, 3.63) is 52.9 Å². The van der Waals surface area contributed by atoms with E-state index in [1.807, 2.05) is 30.3 Å². The van der Waals surface area contributed by atoms with E-state index in [2.05, 4.69) is 26.1 Å². The summed E-state index contributed by atoms with van der Waals surface area (Å²) in [6.45, 7) is 0.421. The molecule has 3 aromatic rings. The fourth-order valence-electron chi connectivity index (χ4n) is 2.16. The van der Waals surface area contributed by atoms with Gasteiger partial charge in [-0.25, -0.2) is 4.68 Å². The molecule has 0 fully saturated rings. The van der Waals surface area contributed by atoms with Gasteiger partial charge in [0.2, 0.25) is 11.1 Å². The number of thioether (sulfide) groups is 1. The number of nitrogens with zero attached hydrogens (tertiary/aromatic N) is 4. The largest absolute Gasteiger partial charge is 0.467 e. The Morgan fingerprint density at radius 1 is 1.32 bits per heavy atom. The van der Waals surface area contributed by atoms with Gasteiger partial charge >= 0.3 is 0 Å². The molecule has 0 aliphatic rings. The summed E-state index contributed by atoms with van der Waals surface area (Å²) < 4.78 is 7.52. The van der Waals surface area contributed by atoms with Crippen LogP contribution in [0.15, 0.2) is 56.7 Å². The zero-order valence-corrected chi connectivity index (χ0v) is 15.8. The first-order valence-corrected chi connectivity index (χ1v) is 9.18. The summed E-state index contributed by atoms with van der Waals surface area (Å²) >= 11 is 4.72. The average Bonchev–Trinajstić information content (AvgIpc) is 3.23. The standard InChI is InChI=1S/C16H16BrN5O2S/c1-21(9-11-5-4-8-24-11)14(23)10-25-16-20-19-15(22(16)18)12-6-2-3-7-13(12)17/h2-8H,9-10,18H2,1H3. The maximum atomic E-state index is 12.2. The van der Waals surface area contributed by atoms with E-state index in [4.69, 9.17) is 10.3 Å². The number of hydrogen-bond donors (Lipinski definition) is 1. The van der Waals surface area contributed by atoms with Crippen LogP contribution in [0.5, 0.6) is 0 Å². The highest BCUT2D eigenvalue weighted by Crippen LogP contribution is 2.27. The second kappa shape index (κ2) is 7.75. The molecule has 0 aliphatic heterocycles. The molecule has 2 aromatic heterocycles. The zero-order chi connectivity index (χ0) is 17.8. The lowest BCUT2D eigenvalue weighted by Crippen LogP contribution is -2.27. The van der Waals surface area contributed by atoms with Gasteiger partial charge in [-0.05, 0) is 24.3 Å². The molecule has 25 heavy (non-hydrogen) atoms. The summed E-state index contributed by atoms with van der Waals surface area (Å²) in [4.78, 5) is 13.8. The number of halogens is 1. The van der Waals surface area contributed by atoms with Crippen molar-refractivity contribution in [1.29, 1.82) is 0 Å². The molecule has 0 aliphatic carbocycles. The highest BCUT2D eigenvalue weighted by atomic mass is 79.9. The fraction of sp³-hybridized carbons (Fsp3) is 0.188. The predicted molar refractivity (Wildman–Crippen MR) is 99.2 cm³/mol. The molecular weight excluding hydrogens is 406 g/mol. The van der Waals surface area contributed by atoms with E-state index in [1.165, 1.54) is 16.4 Å². The minimum absolute atomic E-state index is 0.0492. The van der Waals surface area contributed by atoms with E-state index in [-0.39, 0.29) is 11.7 Å². The Morgan fingerprint density at radius 2 is 2.12 bits per heavy atom. The highest BCUT2D eigenvalue weighted by Gasteiger charge is 2.17. The van der Waals surface area contributed by atoms with Gasteiger partial charge in [0.15, 0.2) is 5.82 Å². The number of carbonyl (C=O) groups is 1. The first-order valence-electron chi connectivity index (χ1n) is 7.41. The molecule has 1 aromatic carbocycles. The number of nitrogen functional groups attached to an aromatic ring is 1. The normalized spacial score (nSPS) is 10.8. The molecule has 0 radical (unpaired) electrons. The third kappa shape index (κ3) is 4.05. The minimum Gasteiger partial charge on any atom is -0.467 e. The van der Waals surface area contributed by atoms with E-state index < -0.39 is 0 Å². The van der Waals surface area contributed by atoms with E-state index in [0.717, 1.165) is 15.8 Å². The van der Waals surface area contributed by atoms with Gasteiger partial charge < -0.3 is 15.2 Å². The van der Waals surface area contributed by atoms with Crippen LogP contribution in [0, 0.1) is 0 Å². The van der Waals surface area contributed by atoms with Gasteiger partial charge in [-0.15, -0.1) is 10.2 Å². The summed E-state index contributed by atoms with van der Waals surface area (Å²) in [5.74, 6) is 7.52. The molecule has 0 bridgehead atoms. The Hall–Kier alpha value is -2.26. The van der Waals surface area contributed by atoms with Gasteiger partial charge in [0.05, 0.1) is 18.6 Å². The lowest BCUT2D eigenvalue weighted by atomic mass is 10.2. The molecule has 1 amide bonds. The van der Waals surface area contributed by atoms with Crippen molar-refractivity contribution in [3.8, 4) is 11.4 Å². The fourth-order valence-corrected chi connectivity index (χ4v) is 3.42. The number of aromatic nitrogens is 3. The number of nitrogens with two attached hydrogens (primary N) is 1. The quantitative estimate of drug-likeness (QED) is 0.485. The van der Waals surface area contributed by atoms with Crippen molar-refractivity contribution in [2.45, 2.75) is 11.7 Å². The van der Waals surface area contributed by atoms with E-state index in [1.54, 1.807) is 24.3 Å². The molecule has 0 atom stereocenters. The van der Waals surface area contributed by atoms with Crippen LogP contribution in [0.3, 0.4) is 0 Å². The Morgan fingerprint density at radius 3 is 2.84 bits per heavy atom. The van der Waals surface area contributed by atoms with E-state index >= 15 is 0 Å². The van der Waals surface area contributed by atoms with Crippen LogP contribution in [0.4, 0.5) is 0 Å². The molecule has 2 heterocycles. The van der Waals surface area contributed by atoms with Crippen LogP contribution >= 0.6 is 27.7 Å². The molecule has 0 saturated heterocycles. The van der Waals surface area contributed by atoms with Crippen molar-refractivity contribution in [3.63, 3.8) is 0 Å². The maximum absolute atomic E-state index is 12.2. The topological polar surface area (TPSA) is 90.2 Å². The Balaban J connectivity index is 1.64. The van der Waals surface area contributed by atoms with E-state index in [0.29, 0.717) is 17.5 Å². The molecule has 3 rings (SSSR count). The van der Waals surface area contributed by atoms with Gasteiger partial charge in [-0.1, -0.05) is 39.8 Å². The minimum atomic E-state index is -0.0492. The number of carbonyl (C=O) groups excluding carboxylic acids is 1. The van der Waals surface area contributed by atoms with Crippen molar-refractivity contribution in [1.82, 2.24) is 19.8 Å². The Labute approximate surface area is 157 Å². The smallest absolute Gasteiger partial charge is 0.233 e. The molecule has 0 unspecified atom stereocenters. The summed E-state index contributed by atoms with van der Waals surface area (Å²) in [6, 6.07) is 11.2. The number of benzene rings is 1. The lowest BCUT2D eigenvalue weighted by Gasteiger charge is -2.15. The third-order valence-electron chi connectivity index (χ3n) is 3.50. The number of amides is 1. The van der Waals surface area contributed by atoms with Gasteiger partial charge in [0.25, 0.3) is 0 Å². The first-order chi connectivity index (χ1) is 12.1. The number of hydrogen-bond acceptors (Lipinski definition) is 6. The number of furan rings is 1. The monoisotopic (exact) mass is 421 g/mol. The number of rotatable bonds is 6. The summed E-state index contributed by atoms with van der Waals surface area (Å²) in [5.41, 5.74) is 0.839. The molecule has 9 heteroatoms. The van der Waals surface area contributed by atoms with Crippen molar-refractivity contribution < 1.29 is 9.21 Å². The first kappa shape index (κ1) is 17.6. The van der Waals surface area contributed by atoms with Gasteiger partial charge in [0.1, 0.15) is 5.76 Å². The Bertz CT molecular complexity index is 865. The van der Waals surface area contributed by atoms with Crippen LogP contribution in [0.1, 0.15) is 5.76 Å². The molecule has 130 valence electrons. The van der Waals surface area contributed by atoms with Crippen LogP contribution in [-0.4, -0.2) is 38.5 Å². The SMILES string of the molecule is CN(Cc1ccco1)C(=O)CSc1nnc(-c2ccccc2Br)n1N. The summed E-state index contributed by atoms with van der Waals surface area (Å²) in [6.07, 6.45) is 1.59. The van der Waals surface area contributed by atoms with Crippen molar-refractivity contribution >= 4 is 33.6 Å². The predicted octanol–water partition coefficient (Wildman–Crippen LogP) is 2.77.